The molecule has 16 heavy (non-hydrogen) atoms. The summed E-state index contributed by atoms with van der Waals surface area (Å²) in [5.41, 5.74) is 0.700. The van der Waals surface area contributed by atoms with Gasteiger partial charge in [-0.25, -0.2) is 4.39 Å². The first kappa shape index (κ1) is 10.6. The minimum atomic E-state index is -0.713. The van der Waals surface area contributed by atoms with Crippen molar-refractivity contribution < 1.29 is 9.18 Å². The average molecular weight is 214 g/mol. The standard InChI is InChI=1S/C14H11FO/c1-10(16)14(15)9-11-6-7-12-4-2-3-5-13(12)8-11/h2-9H,1H3/b14-9+. The Morgan fingerprint density at radius 2 is 1.81 bits per heavy atom. The topological polar surface area (TPSA) is 17.1 Å². The summed E-state index contributed by atoms with van der Waals surface area (Å²) in [6.07, 6.45) is 1.26. The molecule has 0 saturated heterocycles. The van der Waals surface area contributed by atoms with Crippen molar-refractivity contribution in [2.45, 2.75) is 6.92 Å². The molecule has 0 aliphatic rings. The Kier molecular flexibility index (Phi) is 2.82. The Bertz CT molecular complexity index is 570. The summed E-state index contributed by atoms with van der Waals surface area (Å²) in [7, 11) is 0. The number of fused-ring (bicyclic) bond motifs is 1. The van der Waals surface area contributed by atoms with Gasteiger partial charge in [-0.05, 0) is 28.5 Å². The zero-order valence-corrected chi connectivity index (χ0v) is 8.91. The van der Waals surface area contributed by atoms with Gasteiger partial charge >= 0.3 is 0 Å². The summed E-state index contributed by atoms with van der Waals surface area (Å²) in [5, 5.41) is 2.13. The maximum absolute atomic E-state index is 13.1. The second kappa shape index (κ2) is 4.27. The molecule has 0 saturated carbocycles. The maximum atomic E-state index is 13.1. The Balaban J connectivity index is 2.47. The molecule has 0 amide bonds. The zero-order chi connectivity index (χ0) is 11.5. The molecular weight excluding hydrogens is 203 g/mol. The van der Waals surface area contributed by atoms with E-state index in [1.54, 1.807) is 6.07 Å². The van der Waals surface area contributed by atoms with E-state index in [2.05, 4.69) is 0 Å². The lowest BCUT2D eigenvalue weighted by molar-refractivity contribution is -0.114. The molecule has 0 aromatic heterocycles. The molecule has 0 aliphatic carbocycles. The molecule has 0 N–H and O–H groups in total. The first-order chi connectivity index (χ1) is 7.66. The Morgan fingerprint density at radius 1 is 1.12 bits per heavy atom. The zero-order valence-electron chi connectivity index (χ0n) is 8.91. The second-order valence-corrected chi connectivity index (χ2v) is 3.66. The molecule has 0 unspecified atom stereocenters. The number of carbonyl (C=O) groups is 1. The van der Waals surface area contributed by atoms with E-state index in [1.165, 1.54) is 13.0 Å². The molecule has 1 nitrogen and oxygen atoms in total. The van der Waals surface area contributed by atoms with Gasteiger partial charge in [0.1, 0.15) is 0 Å². The first-order valence-electron chi connectivity index (χ1n) is 5.04. The van der Waals surface area contributed by atoms with E-state index in [4.69, 9.17) is 0 Å². The van der Waals surface area contributed by atoms with Gasteiger partial charge in [0.15, 0.2) is 11.6 Å². The number of benzene rings is 2. The van der Waals surface area contributed by atoms with Gasteiger partial charge in [0.2, 0.25) is 0 Å². The monoisotopic (exact) mass is 214 g/mol. The molecular formula is C14H11FO. The fourth-order valence-corrected chi connectivity index (χ4v) is 1.55. The van der Waals surface area contributed by atoms with Crippen LogP contribution in [0.15, 0.2) is 48.3 Å². The van der Waals surface area contributed by atoms with Crippen LogP contribution in [-0.4, -0.2) is 5.78 Å². The van der Waals surface area contributed by atoms with Gasteiger partial charge in [0, 0.05) is 6.92 Å². The highest BCUT2D eigenvalue weighted by Gasteiger charge is 2.01. The largest absolute Gasteiger partial charge is 0.292 e. The molecule has 0 aliphatic heterocycles. The number of rotatable bonds is 2. The van der Waals surface area contributed by atoms with E-state index in [9.17, 15) is 9.18 Å². The predicted molar refractivity (Wildman–Crippen MR) is 63.7 cm³/mol. The van der Waals surface area contributed by atoms with E-state index in [0.717, 1.165) is 10.8 Å². The maximum Gasteiger partial charge on any atom is 0.188 e. The average Bonchev–Trinajstić information content (AvgIpc) is 2.28. The van der Waals surface area contributed by atoms with E-state index in [-0.39, 0.29) is 0 Å². The summed E-state index contributed by atoms with van der Waals surface area (Å²) in [4.78, 5) is 10.8. The van der Waals surface area contributed by atoms with E-state index in [1.807, 2.05) is 36.4 Å². The molecule has 0 fully saturated rings. The fourth-order valence-electron chi connectivity index (χ4n) is 1.55. The molecule has 0 spiro atoms. The fraction of sp³-hybridized carbons (Fsp3) is 0.0714. The molecule has 0 heterocycles. The van der Waals surface area contributed by atoms with Gasteiger partial charge in [0.25, 0.3) is 0 Å². The first-order valence-corrected chi connectivity index (χ1v) is 5.04. The smallest absolute Gasteiger partial charge is 0.188 e. The van der Waals surface area contributed by atoms with E-state index >= 15 is 0 Å². The van der Waals surface area contributed by atoms with Crippen LogP contribution in [0, 0.1) is 0 Å². The van der Waals surface area contributed by atoms with Crippen molar-refractivity contribution in [1.29, 1.82) is 0 Å². The molecule has 80 valence electrons. The number of allylic oxidation sites excluding steroid dienone is 1. The summed E-state index contributed by atoms with van der Waals surface area (Å²) in [6.45, 7) is 1.22. The number of halogens is 1. The highest BCUT2D eigenvalue weighted by Crippen LogP contribution is 2.17. The highest BCUT2D eigenvalue weighted by atomic mass is 19.1. The van der Waals surface area contributed by atoms with E-state index < -0.39 is 11.6 Å². The number of Topliss-reactive ketones (excluding diaryl/α,β-unsaturated/α-hetero) is 1. The van der Waals surface area contributed by atoms with E-state index in [0.29, 0.717) is 5.56 Å². The lowest BCUT2D eigenvalue weighted by Crippen LogP contribution is -1.89. The Hall–Kier alpha value is -1.96. The quantitative estimate of drug-likeness (QED) is 0.696. The van der Waals surface area contributed by atoms with Crippen molar-refractivity contribution in [3.63, 3.8) is 0 Å². The molecule has 2 rings (SSSR count). The van der Waals surface area contributed by atoms with Crippen LogP contribution in [0.2, 0.25) is 0 Å². The normalized spacial score (nSPS) is 11.8. The molecule has 0 radical (unpaired) electrons. The number of ketones is 1. The van der Waals surface area contributed by atoms with Crippen LogP contribution < -0.4 is 0 Å². The predicted octanol–water partition coefficient (Wildman–Crippen LogP) is 3.74. The van der Waals surface area contributed by atoms with Crippen molar-refractivity contribution in [3.8, 4) is 0 Å². The second-order valence-electron chi connectivity index (χ2n) is 3.66. The molecule has 2 aromatic rings. The molecule has 2 heteroatoms. The van der Waals surface area contributed by atoms with Crippen LogP contribution in [0.4, 0.5) is 4.39 Å². The van der Waals surface area contributed by atoms with Crippen LogP contribution in [0.3, 0.4) is 0 Å². The van der Waals surface area contributed by atoms with Crippen LogP contribution in [0.1, 0.15) is 12.5 Å². The highest BCUT2D eigenvalue weighted by molar-refractivity contribution is 5.96. The summed E-state index contributed by atoms with van der Waals surface area (Å²) in [6, 6.07) is 13.4. The van der Waals surface area contributed by atoms with Crippen LogP contribution in [0.25, 0.3) is 16.8 Å². The minimum Gasteiger partial charge on any atom is -0.292 e. The van der Waals surface area contributed by atoms with Gasteiger partial charge in [-0.2, -0.15) is 0 Å². The van der Waals surface area contributed by atoms with Crippen LogP contribution in [-0.2, 0) is 4.79 Å². The molecule has 0 bridgehead atoms. The van der Waals surface area contributed by atoms with Gasteiger partial charge in [0.05, 0.1) is 0 Å². The SMILES string of the molecule is CC(=O)/C(F)=C\c1ccc2ccccc2c1. The summed E-state index contributed by atoms with van der Waals surface area (Å²) < 4.78 is 13.1. The number of carbonyl (C=O) groups excluding carboxylic acids is 1. The van der Waals surface area contributed by atoms with Gasteiger partial charge in [-0.15, -0.1) is 0 Å². The van der Waals surface area contributed by atoms with Crippen molar-refractivity contribution in [2.24, 2.45) is 0 Å². The van der Waals surface area contributed by atoms with Crippen molar-refractivity contribution in [1.82, 2.24) is 0 Å². The molecule has 0 atom stereocenters. The van der Waals surface area contributed by atoms with Gasteiger partial charge < -0.3 is 0 Å². The van der Waals surface area contributed by atoms with Crippen molar-refractivity contribution >= 4 is 22.6 Å². The minimum absolute atomic E-state index is 0.548. The van der Waals surface area contributed by atoms with Gasteiger partial charge in [-0.3, -0.25) is 4.79 Å². The Labute approximate surface area is 93.2 Å². The lowest BCUT2D eigenvalue weighted by Gasteiger charge is -1.99. The van der Waals surface area contributed by atoms with Crippen LogP contribution in [0.5, 0.6) is 0 Å². The summed E-state index contributed by atoms with van der Waals surface area (Å²) >= 11 is 0. The van der Waals surface area contributed by atoms with Gasteiger partial charge in [-0.1, -0.05) is 36.4 Å². The molecule has 2 aromatic carbocycles. The Morgan fingerprint density at radius 3 is 2.50 bits per heavy atom. The van der Waals surface area contributed by atoms with Crippen molar-refractivity contribution in [3.05, 3.63) is 53.9 Å². The van der Waals surface area contributed by atoms with Crippen LogP contribution >= 0.6 is 0 Å². The third kappa shape index (κ3) is 2.16. The number of hydrogen-bond acceptors (Lipinski definition) is 1. The third-order valence-electron chi connectivity index (χ3n) is 2.40. The lowest BCUT2D eigenvalue weighted by atomic mass is 10.1. The number of hydrogen-bond donors (Lipinski definition) is 0. The third-order valence-corrected chi connectivity index (χ3v) is 2.40. The van der Waals surface area contributed by atoms with Crippen molar-refractivity contribution in [2.75, 3.05) is 0 Å². The summed E-state index contributed by atoms with van der Waals surface area (Å²) in [5.74, 6) is -1.26.